The fourth-order valence-electron chi connectivity index (χ4n) is 1.89. The summed E-state index contributed by atoms with van der Waals surface area (Å²) in [6.45, 7) is 4.71. The molecule has 18 heavy (non-hydrogen) atoms. The average Bonchev–Trinajstić information content (AvgIpc) is 2.80. The van der Waals surface area contributed by atoms with E-state index in [0.717, 1.165) is 36.6 Å². The van der Waals surface area contributed by atoms with Crippen LogP contribution in [0.15, 0.2) is 36.5 Å². The molecule has 2 rings (SSSR count). The highest BCUT2D eigenvalue weighted by molar-refractivity contribution is 6.31. The molecule has 0 aliphatic carbocycles. The maximum Gasteiger partial charge on any atom is 0.0522 e. The number of aromatic nitrogens is 2. The van der Waals surface area contributed by atoms with E-state index >= 15 is 0 Å². The van der Waals surface area contributed by atoms with Crippen molar-refractivity contribution in [2.45, 2.75) is 33.0 Å². The Morgan fingerprint density at radius 1 is 1.22 bits per heavy atom. The molecule has 1 aromatic heterocycles. The molecule has 96 valence electrons. The standard InChI is InChI=1S/C14H18ClN3/c1-2-9-18-13(7-8-17-18)11-16-10-12-5-3-4-6-14(12)15/h3-8,16H,2,9-11H2,1H3. The first kappa shape index (κ1) is 13.1. The lowest BCUT2D eigenvalue weighted by Crippen LogP contribution is -2.16. The largest absolute Gasteiger partial charge is 0.307 e. The Kier molecular flexibility index (Phi) is 4.79. The zero-order chi connectivity index (χ0) is 12.8. The summed E-state index contributed by atoms with van der Waals surface area (Å²) >= 11 is 6.11. The van der Waals surface area contributed by atoms with E-state index in [0.29, 0.717) is 0 Å². The van der Waals surface area contributed by atoms with Crippen molar-refractivity contribution in [2.75, 3.05) is 0 Å². The first-order valence-corrected chi connectivity index (χ1v) is 6.64. The van der Waals surface area contributed by atoms with Crippen LogP contribution in [0.2, 0.25) is 5.02 Å². The zero-order valence-electron chi connectivity index (χ0n) is 10.6. The van der Waals surface area contributed by atoms with Crippen molar-refractivity contribution in [3.63, 3.8) is 0 Å². The Balaban J connectivity index is 1.88. The molecule has 4 heteroatoms. The molecule has 0 aliphatic rings. The second-order valence-corrected chi connectivity index (χ2v) is 4.65. The summed E-state index contributed by atoms with van der Waals surface area (Å²) in [5, 5.41) is 8.51. The summed E-state index contributed by atoms with van der Waals surface area (Å²) in [5.41, 5.74) is 2.34. The van der Waals surface area contributed by atoms with E-state index in [9.17, 15) is 0 Å². The summed E-state index contributed by atoms with van der Waals surface area (Å²) in [5.74, 6) is 0. The van der Waals surface area contributed by atoms with Crippen LogP contribution in [0.5, 0.6) is 0 Å². The van der Waals surface area contributed by atoms with Gasteiger partial charge < -0.3 is 5.32 Å². The van der Waals surface area contributed by atoms with Crippen LogP contribution in [-0.2, 0) is 19.6 Å². The van der Waals surface area contributed by atoms with E-state index in [1.165, 1.54) is 5.69 Å². The quantitative estimate of drug-likeness (QED) is 0.867. The van der Waals surface area contributed by atoms with Gasteiger partial charge in [0.25, 0.3) is 0 Å². The maximum atomic E-state index is 6.11. The third kappa shape index (κ3) is 3.34. The molecule has 0 aliphatic heterocycles. The van der Waals surface area contributed by atoms with Crippen molar-refractivity contribution in [3.05, 3.63) is 52.8 Å². The summed E-state index contributed by atoms with van der Waals surface area (Å²) in [4.78, 5) is 0. The Morgan fingerprint density at radius 2 is 2.06 bits per heavy atom. The topological polar surface area (TPSA) is 29.9 Å². The third-order valence-electron chi connectivity index (χ3n) is 2.82. The number of rotatable bonds is 6. The molecule has 0 radical (unpaired) electrons. The van der Waals surface area contributed by atoms with Crippen LogP contribution in [-0.4, -0.2) is 9.78 Å². The first-order valence-electron chi connectivity index (χ1n) is 6.26. The predicted octanol–water partition coefficient (Wildman–Crippen LogP) is 3.24. The van der Waals surface area contributed by atoms with E-state index in [-0.39, 0.29) is 0 Å². The van der Waals surface area contributed by atoms with E-state index in [1.807, 2.05) is 35.1 Å². The minimum atomic E-state index is 0.775. The van der Waals surface area contributed by atoms with Gasteiger partial charge in [-0.2, -0.15) is 5.10 Å². The SMILES string of the molecule is CCCn1nccc1CNCc1ccccc1Cl. The molecule has 0 saturated heterocycles. The summed E-state index contributed by atoms with van der Waals surface area (Å²) in [6, 6.07) is 9.96. The summed E-state index contributed by atoms with van der Waals surface area (Å²) in [6.07, 6.45) is 2.95. The van der Waals surface area contributed by atoms with Gasteiger partial charge in [-0.05, 0) is 24.1 Å². The van der Waals surface area contributed by atoms with Crippen LogP contribution in [0.25, 0.3) is 0 Å². The van der Waals surface area contributed by atoms with Gasteiger partial charge in [-0.3, -0.25) is 4.68 Å². The van der Waals surface area contributed by atoms with E-state index < -0.39 is 0 Å². The Bertz CT molecular complexity index is 493. The molecule has 0 amide bonds. The lowest BCUT2D eigenvalue weighted by atomic mass is 10.2. The Hall–Kier alpha value is -1.32. The molecule has 1 N–H and O–H groups in total. The number of aryl methyl sites for hydroxylation is 1. The molecule has 0 fully saturated rings. The van der Waals surface area contributed by atoms with E-state index in [2.05, 4.69) is 23.4 Å². The number of halogens is 1. The number of hydrogen-bond donors (Lipinski definition) is 1. The van der Waals surface area contributed by atoms with Gasteiger partial charge in [0.15, 0.2) is 0 Å². The second-order valence-electron chi connectivity index (χ2n) is 4.24. The third-order valence-corrected chi connectivity index (χ3v) is 3.19. The molecule has 0 saturated carbocycles. The maximum absolute atomic E-state index is 6.11. The number of hydrogen-bond acceptors (Lipinski definition) is 2. The number of nitrogens with zero attached hydrogens (tertiary/aromatic N) is 2. The number of nitrogens with one attached hydrogen (secondary N) is 1. The minimum Gasteiger partial charge on any atom is -0.307 e. The molecule has 2 aromatic rings. The summed E-state index contributed by atoms with van der Waals surface area (Å²) in [7, 11) is 0. The highest BCUT2D eigenvalue weighted by Crippen LogP contribution is 2.14. The van der Waals surface area contributed by atoms with Gasteiger partial charge in [-0.1, -0.05) is 36.7 Å². The van der Waals surface area contributed by atoms with E-state index in [1.54, 1.807) is 0 Å². The second kappa shape index (κ2) is 6.57. The molecule has 0 atom stereocenters. The van der Waals surface area contributed by atoms with Crippen LogP contribution in [0.4, 0.5) is 0 Å². The van der Waals surface area contributed by atoms with Crippen molar-refractivity contribution in [1.29, 1.82) is 0 Å². The molecule has 0 spiro atoms. The van der Waals surface area contributed by atoms with Gasteiger partial charge >= 0.3 is 0 Å². The van der Waals surface area contributed by atoms with Gasteiger partial charge in [-0.25, -0.2) is 0 Å². The van der Waals surface area contributed by atoms with Crippen molar-refractivity contribution < 1.29 is 0 Å². The van der Waals surface area contributed by atoms with Crippen LogP contribution in [0.3, 0.4) is 0 Å². The molecule has 3 nitrogen and oxygen atoms in total. The molecule has 1 heterocycles. The molecule has 1 aromatic carbocycles. The fourth-order valence-corrected chi connectivity index (χ4v) is 2.09. The Labute approximate surface area is 113 Å². The molecule has 0 bridgehead atoms. The lowest BCUT2D eigenvalue weighted by Gasteiger charge is -2.08. The predicted molar refractivity (Wildman–Crippen MR) is 74.5 cm³/mol. The fraction of sp³-hybridized carbons (Fsp3) is 0.357. The van der Waals surface area contributed by atoms with Crippen molar-refractivity contribution in [3.8, 4) is 0 Å². The van der Waals surface area contributed by atoms with Crippen molar-refractivity contribution in [1.82, 2.24) is 15.1 Å². The highest BCUT2D eigenvalue weighted by atomic mass is 35.5. The summed E-state index contributed by atoms with van der Waals surface area (Å²) < 4.78 is 2.04. The van der Waals surface area contributed by atoms with Gasteiger partial charge in [0, 0.05) is 30.9 Å². The molecular formula is C14H18ClN3. The van der Waals surface area contributed by atoms with Crippen LogP contribution in [0, 0.1) is 0 Å². The normalized spacial score (nSPS) is 10.8. The van der Waals surface area contributed by atoms with Crippen molar-refractivity contribution in [2.24, 2.45) is 0 Å². The highest BCUT2D eigenvalue weighted by Gasteiger charge is 2.02. The minimum absolute atomic E-state index is 0.775. The van der Waals surface area contributed by atoms with Gasteiger partial charge in [0.05, 0.1) is 5.69 Å². The Morgan fingerprint density at radius 3 is 2.83 bits per heavy atom. The van der Waals surface area contributed by atoms with Gasteiger partial charge in [0.2, 0.25) is 0 Å². The van der Waals surface area contributed by atoms with Crippen molar-refractivity contribution >= 4 is 11.6 Å². The molecule has 0 unspecified atom stereocenters. The van der Waals surface area contributed by atoms with E-state index in [4.69, 9.17) is 11.6 Å². The smallest absolute Gasteiger partial charge is 0.0522 e. The lowest BCUT2D eigenvalue weighted by molar-refractivity contribution is 0.549. The first-order chi connectivity index (χ1) is 8.81. The van der Waals surface area contributed by atoms with Crippen LogP contribution < -0.4 is 5.32 Å². The van der Waals surface area contributed by atoms with Gasteiger partial charge in [-0.15, -0.1) is 0 Å². The number of benzene rings is 1. The van der Waals surface area contributed by atoms with Crippen LogP contribution in [0.1, 0.15) is 24.6 Å². The monoisotopic (exact) mass is 263 g/mol. The zero-order valence-corrected chi connectivity index (χ0v) is 11.3. The van der Waals surface area contributed by atoms with Crippen LogP contribution >= 0.6 is 11.6 Å². The van der Waals surface area contributed by atoms with Gasteiger partial charge in [0.1, 0.15) is 0 Å². The average molecular weight is 264 g/mol. The molecular weight excluding hydrogens is 246 g/mol.